The lowest BCUT2D eigenvalue weighted by atomic mass is 10.1. The maximum Gasteiger partial charge on any atom is 0.259 e. The first-order chi connectivity index (χ1) is 13.6. The third-order valence-electron chi connectivity index (χ3n) is 4.82. The number of benzene rings is 2. The van der Waals surface area contributed by atoms with Crippen LogP contribution in [0.4, 0.5) is 10.2 Å². The lowest BCUT2D eigenvalue weighted by Crippen LogP contribution is -2.14. The lowest BCUT2D eigenvalue weighted by Gasteiger charge is -2.05. The number of fused-ring (bicyclic) bond motifs is 2. The van der Waals surface area contributed by atoms with Gasteiger partial charge in [0.25, 0.3) is 5.91 Å². The number of hydrogen-bond acceptors (Lipinski definition) is 3. The molecule has 0 aliphatic heterocycles. The minimum absolute atomic E-state index is 0.0108. The summed E-state index contributed by atoms with van der Waals surface area (Å²) in [6, 6.07) is 13.9. The van der Waals surface area contributed by atoms with Gasteiger partial charge in [-0.25, -0.2) is 14.1 Å². The molecular weight excluding hydrogens is 355 g/mol. The van der Waals surface area contributed by atoms with Crippen molar-refractivity contribution in [3.8, 4) is 0 Å². The molecule has 0 aliphatic rings. The molecule has 1 amide bonds. The molecule has 2 aromatic carbocycles. The van der Waals surface area contributed by atoms with Crippen molar-refractivity contribution in [1.29, 1.82) is 0 Å². The number of aromatic nitrogens is 3. The molecule has 4 rings (SSSR count). The molecule has 28 heavy (non-hydrogen) atoms. The maximum absolute atomic E-state index is 14.0. The van der Waals surface area contributed by atoms with Crippen molar-refractivity contribution in [2.75, 3.05) is 5.32 Å². The van der Waals surface area contributed by atoms with Gasteiger partial charge in [0.15, 0.2) is 11.5 Å². The highest BCUT2D eigenvalue weighted by atomic mass is 19.1. The molecule has 0 atom stereocenters. The molecule has 0 fully saturated rings. The van der Waals surface area contributed by atoms with Crippen LogP contribution in [0.1, 0.15) is 35.7 Å². The van der Waals surface area contributed by atoms with Crippen LogP contribution in [0.2, 0.25) is 0 Å². The van der Waals surface area contributed by atoms with Gasteiger partial charge in [0.2, 0.25) is 0 Å². The summed E-state index contributed by atoms with van der Waals surface area (Å²) in [5.41, 5.74) is 2.71. The molecule has 0 saturated heterocycles. The van der Waals surface area contributed by atoms with Crippen molar-refractivity contribution < 1.29 is 9.18 Å². The summed E-state index contributed by atoms with van der Waals surface area (Å²) in [6.45, 7) is 4.83. The molecule has 0 aliphatic carbocycles. The van der Waals surface area contributed by atoms with Crippen LogP contribution in [0.25, 0.3) is 21.9 Å². The molecule has 4 aromatic rings. The Morgan fingerprint density at radius 1 is 1.18 bits per heavy atom. The number of pyridine rings is 1. The molecule has 0 bridgehead atoms. The van der Waals surface area contributed by atoms with Crippen molar-refractivity contribution >= 4 is 33.7 Å². The SMILES string of the molecule is CCCCn1nc(NC(=O)c2ccccc2F)c2cc3cccc(C)c3nc21. The number of nitrogens with zero attached hydrogens (tertiary/aromatic N) is 3. The quantitative estimate of drug-likeness (QED) is 0.528. The standard InChI is InChI=1S/C22H21FN4O/c1-3-4-12-27-21-17(13-15-9-7-8-14(2)19(15)24-21)20(26-27)25-22(28)16-10-5-6-11-18(16)23/h5-11,13H,3-4,12H2,1-2H3,(H,25,26,28). The van der Waals surface area contributed by atoms with Crippen molar-refractivity contribution in [3.05, 3.63) is 65.5 Å². The van der Waals surface area contributed by atoms with Gasteiger partial charge in [-0.05, 0) is 37.1 Å². The van der Waals surface area contributed by atoms with Crippen LogP contribution < -0.4 is 5.32 Å². The number of para-hydroxylation sites is 1. The molecule has 0 unspecified atom stereocenters. The fraction of sp³-hybridized carbons (Fsp3) is 0.227. The molecule has 142 valence electrons. The maximum atomic E-state index is 14.0. The summed E-state index contributed by atoms with van der Waals surface area (Å²) in [5, 5.41) is 9.07. The zero-order valence-electron chi connectivity index (χ0n) is 15.9. The highest BCUT2D eigenvalue weighted by Gasteiger charge is 2.18. The van der Waals surface area contributed by atoms with E-state index in [0.717, 1.165) is 40.3 Å². The Kier molecular flexibility index (Phi) is 4.77. The number of halogens is 1. The number of amides is 1. The number of rotatable bonds is 5. The van der Waals surface area contributed by atoms with E-state index >= 15 is 0 Å². The van der Waals surface area contributed by atoms with E-state index in [0.29, 0.717) is 12.4 Å². The Hall–Kier alpha value is -3.28. The molecule has 0 spiro atoms. The van der Waals surface area contributed by atoms with E-state index < -0.39 is 11.7 Å². The average molecular weight is 376 g/mol. The second-order valence-corrected chi connectivity index (χ2v) is 6.87. The van der Waals surface area contributed by atoms with E-state index in [2.05, 4.69) is 17.3 Å². The first-order valence-electron chi connectivity index (χ1n) is 9.41. The molecule has 5 nitrogen and oxygen atoms in total. The van der Waals surface area contributed by atoms with Gasteiger partial charge in [-0.3, -0.25) is 4.79 Å². The summed E-state index contributed by atoms with van der Waals surface area (Å²) in [4.78, 5) is 17.4. The first-order valence-corrected chi connectivity index (χ1v) is 9.41. The molecule has 2 heterocycles. The van der Waals surface area contributed by atoms with Gasteiger partial charge in [-0.15, -0.1) is 0 Å². The number of carbonyl (C=O) groups excluding carboxylic acids is 1. The summed E-state index contributed by atoms with van der Waals surface area (Å²) in [5.74, 6) is -0.686. The minimum Gasteiger partial charge on any atom is -0.304 e. The van der Waals surface area contributed by atoms with E-state index in [-0.39, 0.29) is 5.56 Å². The zero-order chi connectivity index (χ0) is 19.7. The molecule has 0 saturated carbocycles. The number of carbonyl (C=O) groups is 1. The number of anilines is 1. The zero-order valence-corrected chi connectivity index (χ0v) is 15.9. The predicted molar refractivity (Wildman–Crippen MR) is 109 cm³/mol. The van der Waals surface area contributed by atoms with Crippen molar-refractivity contribution in [2.45, 2.75) is 33.2 Å². The topological polar surface area (TPSA) is 59.8 Å². The van der Waals surface area contributed by atoms with Crippen LogP contribution in [-0.4, -0.2) is 20.7 Å². The number of unbranched alkanes of at least 4 members (excludes halogenated alkanes) is 1. The van der Waals surface area contributed by atoms with E-state index in [9.17, 15) is 9.18 Å². The smallest absolute Gasteiger partial charge is 0.259 e. The number of nitrogens with one attached hydrogen (secondary N) is 1. The number of aryl methyl sites for hydroxylation is 2. The van der Waals surface area contributed by atoms with E-state index in [1.54, 1.807) is 12.1 Å². The van der Waals surface area contributed by atoms with Gasteiger partial charge in [-0.2, -0.15) is 5.10 Å². The van der Waals surface area contributed by atoms with Crippen molar-refractivity contribution in [1.82, 2.24) is 14.8 Å². The first kappa shape index (κ1) is 18.1. The van der Waals surface area contributed by atoms with Gasteiger partial charge in [0.1, 0.15) is 5.82 Å². The van der Waals surface area contributed by atoms with Gasteiger partial charge in [0, 0.05) is 11.9 Å². The Balaban J connectivity index is 1.83. The summed E-state index contributed by atoms with van der Waals surface area (Å²) in [6.07, 6.45) is 1.97. The number of hydrogen-bond donors (Lipinski definition) is 1. The lowest BCUT2D eigenvalue weighted by molar-refractivity contribution is 0.102. The van der Waals surface area contributed by atoms with Crippen LogP contribution in [0.3, 0.4) is 0 Å². The van der Waals surface area contributed by atoms with Crippen LogP contribution in [-0.2, 0) is 6.54 Å². The molecule has 2 aromatic heterocycles. The van der Waals surface area contributed by atoms with Crippen LogP contribution >= 0.6 is 0 Å². The molecule has 1 N–H and O–H groups in total. The molecule has 0 radical (unpaired) electrons. The molecular formula is C22H21FN4O. The summed E-state index contributed by atoms with van der Waals surface area (Å²) in [7, 11) is 0. The van der Waals surface area contributed by atoms with Gasteiger partial charge >= 0.3 is 0 Å². The van der Waals surface area contributed by atoms with Gasteiger partial charge in [-0.1, -0.05) is 43.7 Å². The van der Waals surface area contributed by atoms with E-state index in [4.69, 9.17) is 4.98 Å². The Labute approximate surface area is 162 Å². The average Bonchev–Trinajstić information content (AvgIpc) is 3.02. The predicted octanol–water partition coefficient (Wildman–Crippen LogP) is 5.08. The van der Waals surface area contributed by atoms with Gasteiger partial charge in [0.05, 0.1) is 16.5 Å². The Morgan fingerprint density at radius 2 is 2.00 bits per heavy atom. The Bertz CT molecular complexity index is 1180. The van der Waals surface area contributed by atoms with Gasteiger partial charge < -0.3 is 5.32 Å². The highest BCUT2D eigenvalue weighted by Crippen LogP contribution is 2.28. The largest absolute Gasteiger partial charge is 0.304 e. The van der Waals surface area contributed by atoms with E-state index in [1.807, 2.05) is 35.9 Å². The normalized spacial score (nSPS) is 11.2. The minimum atomic E-state index is -0.561. The van der Waals surface area contributed by atoms with Crippen molar-refractivity contribution in [2.24, 2.45) is 0 Å². The highest BCUT2D eigenvalue weighted by molar-refractivity contribution is 6.09. The molecule has 6 heteroatoms. The van der Waals surface area contributed by atoms with E-state index in [1.165, 1.54) is 12.1 Å². The summed E-state index contributed by atoms with van der Waals surface area (Å²) < 4.78 is 15.8. The third kappa shape index (κ3) is 3.22. The summed E-state index contributed by atoms with van der Waals surface area (Å²) >= 11 is 0. The second kappa shape index (κ2) is 7.38. The van der Waals surface area contributed by atoms with Crippen molar-refractivity contribution in [3.63, 3.8) is 0 Å². The fourth-order valence-corrected chi connectivity index (χ4v) is 3.31. The van der Waals surface area contributed by atoms with Crippen LogP contribution in [0.5, 0.6) is 0 Å². The monoisotopic (exact) mass is 376 g/mol. The second-order valence-electron chi connectivity index (χ2n) is 6.87. The van der Waals surface area contributed by atoms with Crippen LogP contribution in [0.15, 0.2) is 48.5 Å². The third-order valence-corrected chi connectivity index (χ3v) is 4.82. The Morgan fingerprint density at radius 3 is 2.79 bits per heavy atom. The fourth-order valence-electron chi connectivity index (χ4n) is 3.31. The van der Waals surface area contributed by atoms with Crippen LogP contribution in [0, 0.1) is 12.7 Å².